The van der Waals surface area contributed by atoms with Gasteiger partial charge >= 0.3 is 0 Å². The maximum atomic E-state index is 12.3. The monoisotopic (exact) mass is 248 g/mol. The van der Waals surface area contributed by atoms with E-state index in [9.17, 15) is 4.79 Å². The molecule has 1 aliphatic carbocycles. The first-order chi connectivity index (χ1) is 8.65. The molecular weight excluding hydrogens is 228 g/mol. The molecule has 0 atom stereocenters. The zero-order valence-electron chi connectivity index (χ0n) is 11.0. The second-order valence-corrected chi connectivity index (χ2v) is 5.41. The molecule has 98 valence electrons. The largest absolute Gasteiger partial charge is 0.359 e. The van der Waals surface area contributed by atoms with E-state index in [1.54, 1.807) is 4.68 Å². The Morgan fingerprint density at radius 3 is 2.72 bits per heavy atom. The Labute approximate surface area is 107 Å². The molecule has 2 N–H and O–H groups in total. The van der Waals surface area contributed by atoms with Crippen molar-refractivity contribution in [2.75, 3.05) is 5.32 Å². The van der Waals surface area contributed by atoms with Crippen molar-refractivity contribution < 1.29 is 4.79 Å². The van der Waals surface area contributed by atoms with E-state index in [1.807, 2.05) is 7.05 Å². The first-order valence-electron chi connectivity index (χ1n) is 6.82. The van der Waals surface area contributed by atoms with Crippen molar-refractivity contribution in [3.05, 3.63) is 11.4 Å². The zero-order chi connectivity index (χ0) is 12.8. The van der Waals surface area contributed by atoms with Gasteiger partial charge in [-0.3, -0.25) is 9.48 Å². The summed E-state index contributed by atoms with van der Waals surface area (Å²) in [6.07, 6.45) is 6.33. The van der Waals surface area contributed by atoms with Crippen LogP contribution >= 0.6 is 0 Å². The number of carbonyl (C=O) groups is 1. The van der Waals surface area contributed by atoms with Crippen LogP contribution in [0.3, 0.4) is 0 Å². The summed E-state index contributed by atoms with van der Waals surface area (Å²) >= 11 is 0. The number of aryl methyl sites for hydroxylation is 2. The third-order valence-corrected chi connectivity index (χ3v) is 4.00. The highest BCUT2D eigenvalue weighted by molar-refractivity contribution is 6.01. The Morgan fingerprint density at radius 1 is 1.33 bits per heavy atom. The number of amides is 1. The van der Waals surface area contributed by atoms with Gasteiger partial charge in [-0.1, -0.05) is 13.3 Å². The Kier molecular flexibility index (Phi) is 2.57. The quantitative estimate of drug-likeness (QED) is 0.839. The molecule has 5 nitrogen and oxygen atoms in total. The molecule has 1 amide bonds. The number of carbonyl (C=O) groups excluding carboxylic acids is 1. The van der Waals surface area contributed by atoms with Crippen molar-refractivity contribution in [3.8, 4) is 0 Å². The second-order valence-electron chi connectivity index (χ2n) is 5.41. The van der Waals surface area contributed by atoms with Crippen LogP contribution in [0, 0.1) is 0 Å². The summed E-state index contributed by atoms with van der Waals surface area (Å²) in [4.78, 5) is 12.3. The number of hydrogen-bond acceptors (Lipinski definition) is 3. The molecule has 0 bridgehead atoms. The third-order valence-electron chi connectivity index (χ3n) is 4.00. The average molecular weight is 248 g/mol. The van der Waals surface area contributed by atoms with E-state index in [4.69, 9.17) is 0 Å². The van der Waals surface area contributed by atoms with Crippen LogP contribution in [-0.4, -0.2) is 21.4 Å². The Morgan fingerprint density at radius 2 is 2.06 bits per heavy atom. The van der Waals surface area contributed by atoms with Crippen molar-refractivity contribution >= 4 is 11.6 Å². The molecule has 1 fully saturated rings. The molecule has 1 saturated carbocycles. The van der Waals surface area contributed by atoms with Crippen LogP contribution < -0.4 is 10.6 Å². The summed E-state index contributed by atoms with van der Waals surface area (Å²) < 4.78 is 1.70. The summed E-state index contributed by atoms with van der Waals surface area (Å²) in [6.45, 7) is 2.13. The number of fused-ring (bicyclic) bond motifs is 1. The summed E-state index contributed by atoms with van der Waals surface area (Å²) in [5.74, 6) is 0.0167. The Balaban J connectivity index is 2.03. The van der Waals surface area contributed by atoms with Crippen molar-refractivity contribution in [2.24, 2.45) is 7.05 Å². The van der Waals surface area contributed by atoms with Crippen LogP contribution in [0.4, 0.5) is 5.69 Å². The first kappa shape index (κ1) is 11.6. The molecule has 2 heterocycles. The fourth-order valence-electron chi connectivity index (χ4n) is 3.16. The minimum atomic E-state index is -0.213. The summed E-state index contributed by atoms with van der Waals surface area (Å²) in [6, 6.07) is 0. The fourth-order valence-corrected chi connectivity index (χ4v) is 3.16. The number of nitrogens with one attached hydrogen (secondary N) is 2. The number of nitrogens with zero attached hydrogens (tertiary/aromatic N) is 2. The van der Waals surface area contributed by atoms with E-state index in [0.29, 0.717) is 5.69 Å². The molecular formula is C13H20N4O. The third kappa shape index (κ3) is 1.61. The predicted molar refractivity (Wildman–Crippen MR) is 69.5 cm³/mol. The second kappa shape index (κ2) is 4.00. The van der Waals surface area contributed by atoms with Gasteiger partial charge in [0.15, 0.2) is 0 Å². The average Bonchev–Trinajstić information content (AvgIpc) is 2.86. The molecule has 0 radical (unpaired) electrons. The van der Waals surface area contributed by atoms with Gasteiger partial charge in [0.1, 0.15) is 11.4 Å². The van der Waals surface area contributed by atoms with Crippen LogP contribution in [0.25, 0.3) is 0 Å². The topological polar surface area (TPSA) is 59.0 Å². The van der Waals surface area contributed by atoms with Crippen molar-refractivity contribution in [1.29, 1.82) is 0 Å². The lowest BCUT2D eigenvalue weighted by atomic mass is 10.0. The number of aromatic nitrogens is 2. The highest BCUT2D eigenvalue weighted by Gasteiger charge is 2.42. The molecule has 0 aromatic carbocycles. The molecule has 2 aliphatic rings. The molecule has 5 heteroatoms. The van der Waals surface area contributed by atoms with Crippen LogP contribution in [0.15, 0.2) is 0 Å². The van der Waals surface area contributed by atoms with Gasteiger partial charge in [-0.25, -0.2) is 0 Å². The van der Waals surface area contributed by atoms with E-state index in [1.165, 1.54) is 12.8 Å². The summed E-state index contributed by atoms with van der Waals surface area (Å²) in [5.41, 5.74) is 2.45. The summed E-state index contributed by atoms with van der Waals surface area (Å²) in [5, 5.41) is 11.2. The van der Waals surface area contributed by atoms with Crippen LogP contribution in [0.1, 0.15) is 55.2 Å². The lowest BCUT2D eigenvalue weighted by Gasteiger charge is -2.36. The SMILES string of the molecule is CCCc1nn(C)c2c1NC1(CCCC1)NC2=O. The summed E-state index contributed by atoms with van der Waals surface area (Å²) in [7, 11) is 1.84. The van der Waals surface area contributed by atoms with Gasteiger partial charge in [0.2, 0.25) is 0 Å². The molecule has 0 saturated heterocycles. The smallest absolute Gasteiger partial charge is 0.273 e. The highest BCUT2D eigenvalue weighted by Crippen LogP contribution is 2.37. The minimum absolute atomic E-state index is 0.0167. The van der Waals surface area contributed by atoms with Gasteiger partial charge in [-0.05, 0) is 32.1 Å². The Hall–Kier alpha value is -1.52. The van der Waals surface area contributed by atoms with Gasteiger partial charge < -0.3 is 10.6 Å². The molecule has 1 spiro atoms. The van der Waals surface area contributed by atoms with Crippen LogP contribution in [0.2, 0.25) is 0 Å². The standard InChI is InChI=1S/C13H20N4O/c1-3-6-9-10-11(17(2)16-9)12(18)15-13(14-10)7-4-5-8-13/h14H,3-8H2,1-2H3,(H,15,18). The van der Waals surface area contributed by atoms with Gasteiger partial charge in [0, 0.05) is 7.05 Å². The molecule has 3 rings (SSSR count). The normalized spacial score (nSPS) is 20.7. The minimum Gasteiger partial charge on any atom is -0.359 e. The van der Waals surface area contributed by atoms with E-state index < -0.39 is 0 Å². The van der Waals surface area contributed by atoms with E-state index in [0.717, 1.165) is 37.1 Å². The highest BCUT2D eigenvalue weighted by atomic mass is 16.2. The number of rotatable bonds is 2. The van der Waals surface area contributed by atoms with Crippen LogP contribution in [-0.2, 0) is 13.5 Å². The lowest BCUT2D eigenvalue weighted by Crippen LogP contribution is -2.56. The van der Waals surface area contributed by atoms with Gasteiger partial charge in [-0.15, -0.1) is 0 Å². The van der Waals surface area contributed by atoms with Crippen molar-refractivity contribution in [1.82, 2.24) is 15.1 Å². The molecule has 1 aromatic heterocycles. The van der Waals surface area contributed by atoms with Gasteiger partial charge in [0.05, 0.1) is 11.4 Å². The van der Waals surface area contributed by atoms with E-state index in [-0.39, 0.29) is 11.6 Å². The van der Waals surface area contributed by atoms with Crippen molar-refractivity contribution in [2.45, 2.75) is 51.1 Å². The van der Waals surface area contributed by atoms with Gasteiger partial charge in [0.25, 0.3) is 5.91 Å². The predicted octanol–water partition coefficient (Wildman–Crippen LogP) is 1.80. The van der Waals surface area contributed by atoms with E-state index >= 15 is 0 Å². The maximum Gasteiger partial charge on any atom is 0.273 e. The molecule has 1 aliphatic heterocycles. The van der Waals surface area contributed by atoms with Gasteiger partial charge in [-0.2, -0.15) is 5.10 Å². The maximum absolute atomic E-state index is 12.3. The molecule has 1 aromatic rings. The number of anilines is 1. The fraction of sp³-hybridized carbons (Fsp3) is 0.692. The molecule has 0 unspecified atom stereocenters. The van der Waals surface area contributed by atoms with Crippen LogP contribution in [0.5, 0.6) is 0 Å². The van der Waals surface area contributed by atoms with E-state index in [2.05, 4.69) is 22.7 Å². The Bertz CT molecular complexity index is 485. The first-order valence-corrected chi connectivity index (χ1v) is 6.82. The lowest BCUT2D eigenvalue weighted by molar-refractivity contribution is 0.0892. The number of hydrogen-bond donors (Lipinski definition) is 2. The zero-order valence-corrected chi connectivity index (χ0v) is 11.0. The molecule has 18 heavy (non-hydrogen) atoms. The van der Waals surface area contributed by atoms with Crippen molar-refractivity contribution in [3.63, 3.8) is 0 Å².